The van der Waals surface area contributed by atoms with E-state index in [2.05, 4.69) is 9.71 Å². The Morgan fingerprint density at radius 3 is 2.54 bits per heavy atom. The maximum absolute atomic E-state index is 13.2. The Morgan fingerprint density at radius 1 is 1.12 bits per heavy atom. The third-order valence-electron chi connectivity index (χ3n) is 3.64. The third kappa shape index (κ3) is 3.84. The first-order valence-corrected chi connectivity index (χ1v) is 9.32. The van der Waals surface area contributed by atoms with E-state index in [0.717, 1.165) is 4.57 Å². The normalized spacial score (nSPS) is 12.6. The maximum Gasteiger partial charge on any atom is 0.449 e. The van der Waals surface area contributed by atoms with E-state index in [1.165, 1.54) is 36.4 Å². The number of hydrogen-bond acceptors (Lipinski definition) is 3. The van der Waals surface area contributed by atoms with Crippen LogP contribution < -0.4 is 4.72 Å². The fourth-order valence-electron chi connectivity index (χ4n) is 2.53. The molecule has 0 aliphatic rings. The van der Waals surface area contributed by atoms with Crippen LogP contribution in [0.2, 0.25) is 5.02 Å². The minimum Gasteiger partial charge on any atom is -0.319 e. The highest BCUT2D eigenvalue weighted by Gasteiger charge is 2.37. The summed E-state index contributed by atoms with van der Waals surface area (Å²) < 4.78 is 67.4. The average molecular weight is 404 g/mol. The van der Waals surface area contributed by atoms with Crippen LogP contribution in [0.3, 0.4) is 0 Å². The molecule has 1 aromatic heterocycles. The van der Waals surface area contributed by atoms with Crippen molar-refractivity contribution in [3.05, 3.63) is 59.4 Å². The van der Waals surface area contributed by atoms with Crippen molar-refractivity contribution in [3.63, 3.8) is 0 Å². The molecule has 1 N–H and O–H groups in total. The van der Waals surface area contributed by atoms with Gasteiger partial charge in [0.05, 0.1) is 15.9 Å². The topological polar surface area (TPSA) is 64.0 Å². The van der Waals surface area contributed by atoms with Crippen LogP contribution in [0.15, 0.2) is 53.4 Å². The number of fused-ring (bicyclic) bond motifs is 1. The van der Waals surface area contributed by atoms with Gasteiger partial charge in [0.2, 0.25) is 15.8 Å². The molecule has 0 fully saturated rings. The van der Waals surface area contributed by atoms with E-state index in [9.17, 15) is 21.6 Å². The molecule has 0 saturated heterocycles. The van der Waals surface area contributed by atoms with E-state index in [1.54, 1.807) is 12.1 Å². The lowest BCUT2D eigenvalue weighted by molar-refractivity contribution is -0.146. The largest absolute Gasteiger partial charge is 0.449 e. The number of imidazole rings is 1. The number of benzene rings is 2. The van der Waals surface area contributed by atoms with E-state index in [-0.39, 0.29) is 34.0 Å². The second kappa shape index (κ2) is 6.90. The molecule has 5 nitrogen and oxygen atoms in total. The van der Waals surface area contributed by atoms with E-state index < -0.39 is 22.0 Å². The number of aromatic nitrogens is 2. The molecular weight excluding hydrogens is 391 g/mol. The van der Waals surface area contributed by atoms with Gasteiger partial charge in [-0.15, -0.1) is 0 Å². The average Bonchev–Trinajstić information content (AvgIpc) is 2.94. The first-order valence-electron chi connectivity index (χ1n) is 7.46. The van der Waals surface area contributed by atoms with E-state index >= 15 is 0 Å². The van der Waals surface area contributed by atoms with Crippen molar-refractivity contribution in [1.82, 2.24) is 14.3 Å². The van der Waals surface area contributed by atoms with Crippen LogP contribution in [-0.4, -0.2) is 24.5 Å². The highest BCUT2D eigenvalue weighted by Crippen LogP contribution is 2.31. The van der Waals surface area contributed by atoms with Crippen molar-refractivity contribution in [1.29, 1.82) is 0 Å². The molecule has 0 atom stereocenters. The molecule has 26 heavy (non-hydrogen) atoms. The number of para-hydroxylation sites is 2. The van der Waals surface area contributed by atoms with Crippen molar-refractivity contribution in [3.8, 4) is 0 Å². The Hall–Kier alpha value is -2.10. The summed E-state index contributed by atoms with van der Waals surface area (Å²) in [6.45, 7) is -0.465. The summed E-state index contributed by atoms with van der Waals surface area (Å²) in [4.78, 5) is 3.55. The van der Waals surface area contributed by atoms with Crippen molar-refractivity contribution < 1.29 is 21.6 Å². The van der Waals surface area contributed by atoms with Gasteiger partial charge >= 0.3 is 6.18 Å². The molecule has 2 aromatic carbocycles. The lowest BCUT2D eigenvalue weighted by atomic mass is 10.3. The Kier molecular flexibility index (Phi) is 4.96. The lowest BCUT2D eigenvalue weighted by Crippen LogP contribution is -2.28. The molecule has 0 spiro atoms. The molecule has 1 heterocycles. The monoisotopic (exact) mass is 403 g/mol. The molecule has 0 amide bonds. The maximum atomic E-state index is 13.2. The quantitative estimate of drug-likeness (QED) is 0.706. The zero-order chi connectivity index (χ0) is 18.9. The van der Waals surface area contributed by atoms with E-state index in [0.29, 0.717) is 0 Å². The van der Waals surface area contributed by atoms with Crippen molar-refractivity contribution >= 4 is 32.7 Å². The fraction of sp³-hybridized carbons (Fsp3) is 0.188. The Balaban J connectivity index is 1.84. The van der Waals surface area contributed by atoms with Crippen LogP contribution in [-0.2, 0) is 22.7 Å². The van der Waals surface area contributed by atoms with Crippen LogP contribution in [0, 0.1) is 0 Å². The van der Waals surface area contributed by atoms with Crippen LogP contribution in [0.4, 0.5) is 13.2 Å². The summed E-state index contributed by atoms with van der Waals surface area (Å²) in [5.41, 5.74) is 0.472. The van der Waals surface area contributed by atoms with Gasteiger partial charge in [0.15, 0.2) is 0 Å². The Labute approximate surface area is 152 Å². The second-order valence-electron chi connectivity index (χ2n) is 5.43. The Morgan fingerprint density at radius 2 is 1.85 bits per heavy atom. The lowest BCUT2D eigenvalue weighted by Gasteiger charge is -2.12. The smallest absolute Gasteiger partial charge is 0.319 e. The molecule has 0 aliphatic carbocycles. The predicted octanol–water partition coefficient (Wildman–Crippen LogP) is 3.69. The highest BCUT2D eigenvalue weighted by molar-refractivity contribution is 7.89. The first-order chi connectivity index (χ1) is 12.2. The molecule has 0 saturated carbocycles. The molecule has 10 heteroatoms. The number of rotatable bonds is 5. The van der Waals surface area contributed by atoms with E-state index in [4.69, 9.17) is 11.6 Å². The minimum absolute atomic E-state index is 0.0588. The third-order valence-corrected chi connectivity index (χ3v) is 5.34. The number of halogens is 4. The van der Waals surface area contributed by atoms with Gasteiger partial charge in [-0.05, 0) is 30.3 Å². The molecule has 3 aromatic rings. The first kappa shape index (κ1) is 18.7. The van der Waals surface area contributed by atoms with Gasteiger partial charge in [-0.1, -0.05) is 29.8 Å². The van der Waals surface area contributed by atoms with Crippen LogP contribution in [0.25, 0.3) is 11.0 Å². The zero-order valence-corrected chi connectivity index (χ0v) is 14.7. The summed E-state index contributed by atoms with van der Waals surface area (Å²) >= 11 is 5.77. The van der Waals surface area contributed by atoms with Gasteiger partial charge in [0, 0.05) is 18.1 Å². The fourth-order valence-corrected chi connectivity index (χ4v) is 3.85. The molecule has 3 rings (SSSR count). The van der Waals surface area contributed by atoms with Gasteiger partial charge in [0.1, 0.15) is 0 Å². The molecule has 138 valence electrons. The van der Waals surface area contributed by atoms with E-state index in [1.807, 2.05) is 0 Å². The van der Waals surface area contributed by atoms with Crippen LogP contribution in [0.1, 0.15) is 5.82 Å². The number of alkyl halides is 3. The minimum atomic E-state index is -4.65. The summed E-state index contributed by atoms with van der Waals surface area (Å²) in [5.74, 6) is -1.07. The molecular formula is C16H13ClF3N3O2S. The van der Waals surface area contributed by atoms with Crippen molar-refractivity contribution in [2.45, 2.75) is 17.6 Å². The van der Waals surface area contributed by atoms with Gasteiger partial charge in [-0.3, -0.25) is 0 Å². The second-order valence-corrected chi connectivity index (χ2v) is 7.63. The van der Waals surface area contributed by atoms with Crippen molar-refractivity contribution in [2.75, 3.05) is 6.54 Å². The number of nitrogens with one attached hydrogen (secondary N) is 1. The SMILES string of the molecule is O=S(=O)(NCCn1c(C(F)(F)F)nc2ccccc21)c1cccc(Cl)c1. The molecule has 0 bridgehead atoms. The summed E-state index contributed by atoms with van der Waals surface area (Å²) in [5, 5.41) is 0.243. The molecule has 0 radical (unpaired) electrons. The van der Waals surface area contributed by atoms with Crippen LogP contribution in [0.5, 0.6) is 0 Å². The number of nitrogens with zero attached hydrogens (tertiary/aromatic N) is 2. The van der Waals surface area contributed by atoms with Crippen molar-refractivity contribution in [2.24, 2.45) is 0 Å². The predicted molar refractivity (Wildman–Crippen MR) is 91.4 cm³/mol. The summed E-state index contributed by atoms with van der Waals surface area (Å²) in [6, 6.07) is 11.8. The van der Waals surface area contributed by atoms with Gasteiger partial charge in [0.25, 0.3) is 0 Å². The summed E-state index contributed by atoms with van der Waals surface area (Å²) in [7, 11) is -3.89. The number of hydrogen-bond donors (Lipinski definition) is 1. The van der Waals surface area contributed by atoms with Gasteiger partial charge < -0.3 is 4.57 Å². The van der Waals surface area contributed by atoms with Crippen LogP contribution >= 0.6 is 11.6 Å². The summed E-state index contributed by atoms with van der Waals surface area (Å²) in [6.07, 6.45) is -4.65. The van der Waals surface area contributed by atoms with Gasteiger partial charge in [-0.25, -0.2) is 18.1 Å². The highest BCUT2D eigenvalue weighted by atomic mass is 35.5. The number of sulfonamides is 1. The molecule has 0 unspecified atom stereocenters. The standard InChI is InChI=1S/C16H13ClF3N3O2S/c17-11-4-3-5-12(10-11)26(24,25)21-8-9-23-14-7-2-1-6-13(14)22-15(23)16(18,19)20/h1-7,10,21H,8-9H2. The molecule has 0 aliphatic heterocycles. The van der Waals surface area contributed by atoms with Gasteiger partial charge in [-0.2, -0.15) is 13.2 Å². The Bertz CT molecular complexity index is 1050. The zero-order valence-electron chi connectivity index (χ0n) is 13.2.